The summed E-state index contributed by atoms with van der Waals surface area (Å²) in [5.74, 6) is 1.25. The van der Waals surface area contributed by atoms with E-state index in [-0.39, 0.29) is 6.04 Å². The first kappa shape index (κ1) is 13.8. The first-order valence-corrected chi connectivity index (χ1v) is 7.78. The Morgan fingerprint density at radius 2 is 2.00 bits per heavy atom. The number of nitrogens with one attached hydrogen (secondary N) is 1. The van der Waals surface area contributed by atoms with Crippen molar-refractivity contribution < 1.29 is 4.74 Å². The number of fused-ring (bicyclic) bond motifs is 3. The molecule has 3 nitrogen and oxygen atoms in total. The molecule has 2 aromatic rings. The van der Waals surface area contributed by atoms with Crippen molar-refractivity contribution in [3.63, 3.8) is 0 Å². The molecule has 23 heavy (non-hydrogen) atoms. The summed E-state index contributed by atoms with van der Waals surface area (Å²) in [5, 5.41) is 3.58. The molecule has 4 rings (SSSR count). The van der Waals surface area contributed by atoms with Gasteiger partial charge in [0.05, 0.1) is 24.5 Å². The maximum Gasteiger partial charge on any atom is 0.116 e. The van der Waals surface area contributed by atoms with Gasteiger partial charge in [-0.2, -0.15) is 0 Å². The number of aromatic nitrogens is 1. The van der Waals surface area contributed by atoms with Gasteiger partial charge in [-0.1, -0.05) is 42.5 Å². The van der Waals surface area contributed by atoms with Crippen LogP contribution in [0.3, 0.4) is 0 Å². The molecule has 1 aliphatic carbocycles. The molecule has 2 unspecified atom stereocenters. The van der Waals surface area contributed by atoms with Crippen molar-refractivity contribution >= 4 is 17.8 Å². The highest BCUT2D eigenvalue weighted by Crippen LogP contribution is 2.41. The summed E-state index contributed by atoms with van der Waals surface area (Å²) in [6.07, 6.45) is 12.4. The predicted octanol–water partition coefficient (Wildman–Crippen LogP) is 4.23. The lowest BCUT2D eigenvalue weighted by atomic mass is 9.91. The minimum Gasteiger partial charge on any atom is -0.497 e. The lowest BCUT2D eigenvalue weighted by Gasteiger charge is -2.18. The van der Waals surface area contributed by atoms with E-state index < -0.39 is 0 Å². The number of rotatable bonds is 3. The largest absolute Gasteiger partial charge is 0.497 e. The van der Waals surface area contributed by atoms with E-state index in [9.17, 15) is 0 Å². The van der Waals surface area contributed by atoms with Crippen LogP contribution in [0.4, 0.5) is 5.69 Å². The standard InChI is InChI=1S/C20H18N2O/c1-23-15-8-9-16-17-11-12-21-18(20(17)22-19(16)13-15)10-7-14-5-3-2-4-6-14/h2-13,16,19,22H,1H3/b10-7+. The first-order valence-electron chi connectivity index (χ1n) is 7.78. The van der Waals surface area contributed by atoms with Gasteiger partial charge in [0.25, 0.3) is 0 Å². The second kappa shape index (κ2) is 5.76. The number of hydrogen-bond donors (Lipinski definition) is 1. The van der Waals surface area contributed by atoms with E-state index in [0.717, 1.165) is 17.1 Å². The fourth-order valence-corrected chi connectivity index (χ4v) is 3.18. The second-order valence-electron chi connectivity index (χ2n) is 5.73. The molecule has 1 aromatic carbocycles. The van der Waals surface area contributed by atoms with Gasteiger partial charge in [0, 0.05) is 12.1 Å². The lowest BCUT2D eigenvalue weighted by molar-refractivity contribution is 0.302. The van der Waals surface area contributed by atoms with Gasteiger partial charge in [-0.15, -0.1) is 0 Å². The molecule has 0 radical (unpaired) electrons. The fraction of sp³-hybridized carbons (Fsp3) is 0.150. The van der Waals surface area contributed by atoms with Gasteiger partial charge in [0.1, 0.15) is 5.76 Å². The Bertz CT molecular complexity index is 806. The Morgan fingerprint density at radius 1 is 1.13 bits per heavy atom. The highest BCUT2D eigenvalue weighted by molar-refractivity contribution is 5.79. The third-order valence-corrected chi connectivity index (χ3v) is 4.35. The van der Waals surface area contributed by atoms with E-state index in [2.05, 4.69) is 52.8 Å². The number of ether oxygens (including phenoxy) is 1. The van der Waals surface area contributed by atoms with E-state index in [0.29, 0.717) is 5.92 Å². The van der Waals surface area contributed by atoms with Gasteiger partial charge in [0.15, 0.2) is 0 Å². The van der Waals surface area contributed by atoms with Crippen molar-refractivity contribution in [2.75, 3.05) is 12.4 Å². The number of benzene rings is 1. The molecule has 114 valence electrons. The van der Waals surface area contributed by atoms with Gasteiger partial charge >= 0.3 is 0 Å². The van der Waals surface area contributed by atoms with Crippen LogP contribution in [0.1, 0.15) is 22.7 Å². The first-order chi connectivity index (χ1) is 11.3. The minimum atomic E-state index is 0.234. The maximum absolute atomic E-state index is 5.34. The Morgan fingerprint density at radius 3 is 2.83 bits per heavy atom. The zero-order valence-electron chi connectivity index (χ0n) is 12.9. The van der Waals surface area contributed by atoms with E-state index in [4.69, 9.17) is 4.74 Å². The summed E-state index contributed by atoms with van der Waals surface area (Å²) < 4.78 is 5.34. The van der Waals surface area contributed by atoms with Crippen LogP contribution in [0.5, 0.6) is 0 Å². The maximum atomic E-state index is 5.34. The third-order valence-electron chi connectivity index (χ3n) is 4.35. The fourth-order valence-electron chi connectivity index (χ4n) is 3.18. The molecule has 2 heterocycles. The number of nitrogens with zero attached hydrogens (tertiary/aromatic N) is 1. The molecule has 0 bridgehead atoms. The average molecular weight is 302 g/mol. The SMILES string of the molecule is COC1=CC2Nc3c(ccnc3/C=C/c3ccccc3)C2C=C1. The smallest absolute Gasteiger partial charge is 0.116 e. The number of anilines is 1. The van der Waals surface area contributed by atoms with Crippen LogP contribution in [0.15, 0.2) is 66.6 Å². The number of allylic oxidation sites excluding steroid dienone is 1. The highest BCUT2D eigenvalue weighted by atomic mass is 16.5. The molecular formula is C20H18N2O. The van der Waals surface area contributed by atoms with Gasteiger partial charge < -0.3 is 10.1 Å². The predicted molar refractivity (Wildman–Crippen MR) is 94.0 cm³/mol. The second-order valence-corrected chi connectivity index (χ2v) is 5.73. The van der Waals surface area contributed by atoms with Crippen LogP contribution >= 0.6 is 0 Å². The number of methoxy groups -OCH3 is 1. The van der Waals surface area contributed by atoms with E-state index in [1.165, 1.54) is 11.1 Å². The Balaban J connectivity index is 1.67. The summed E-state index contributed by atoms with van der Waals surface area (Å²) in [6, 6.07) is 12.6. The van der Waals surface area contributed by atoms with Crippen molar-refractivity contribution in [2.24, 2.45) is 0 Å². The molecule has 0 amide bonds. The minimum absolute atomic E-state index is 0.234. The van der Waals surface area contributed by atoms with Gasteiger partial charge in [-0.25, -0.2) is 0 Å². The number of hydrogen-bond acceptors (Lipinski definition) is 3. The topological polar surface area (TPSA) is 34.1 Å². The summed E-state index contributed by atoms with van der Waals surface area (Å²) in [7, 11) is 1.70. The van der Waals surface area contributed by atoms with Crippen LogP contribution in [-0.2, 0) is 4.74 Å². The van der Waals surface area contributed by atoms with Crippen molar-refractivity contribution in [2.45, 2.75) is 12.0 Å². The molecule has 0 saturated heterocycles. The molecular weight excluding hydrogens is 284 g/mol. The van der Waals surface area contributed by atoms with Crippen molar-refractivity contribution in [1.29, 1.82) is 0 Å². The normalized spacial score (nSPS) is 21.5. The molecule has 3 heteroatoms. The summed E-state index contributed by atoms with van der Waals surface area (Å²) in [4.78, 5) is 4.54. The molecule has 1 N–H and O–H groups in total. The van der Waals surface area contributed by atoms with Gasteiger partial charge in [-0.3, -0.25) is 4.98 Å². The van der Waals surface area contributed by atoms with Gasteiger partial charge in [-0.05, 0) is 35.4 Å². The molecule has 0 saturated carbocycles. The van der Waals surface area contributed by atoms with Crippen LogP contribution in [0.2, 0.25) is 0 Å². The molecule has 1 aromatic heterocycles. The van der Waals surface area contributed by atoms with E-state index >= 15 is 0 Å². The highest BCUT2D eigenvalue weighted by Gasteiger charge is 2.32. The monoisotopic (exact) mass is 302 g/mol. The van der Waals surface area contributed by atoms with Gasteiger partial charge in [0.2, 0.25) is 0 Å². The van der Waals surface area contributed by atoms with Crippen LogP contribution < -0.4 is 5.32 Å². The quantitative estimate of drug-likeness (QED) is 0.921. The van der Waals surface area contributed by atoms with Crippen molar-refractivity contribution in [1.82, 2.24) is 4.98 Å². The van der Waals surface area contributed by atoms with Crippen LogP contribution in [0, 0.1) is 0 Å². The molecule has 1 aliphatic heterocycles. The Kier molecular flexibility index (Phi) is 3.46. The Labute approximate surface area is 136 Å². The van der Waals surface area contributed by atoms with E-state index in [1.807, 2.05) is 30.5 Å². The average Bonchev–Trinajstić information content (AvgIpc) is 2.99. The molecule has 0 fully saturated rings. The zero-order chi connectivity index (χ0) is 15.6. The lowest BCUT2D eigenvalue weighted by Crippen LogP contribution is -2.19. The Hall–Kier alpha value is -2.81. The summed E-state index contributed by atoms with van der Waals surface area (Å²) in [5.41, 5.74) is 4.55. The van der Waals surface area contributed by atoms with Crippen molar-refractivity contribution in [3.05, 3.63) is 83.4 Å². The van der Waals surface area contributed by atoms with Crippen LogP contribution in [-0.4, -0.2) is 18.1 Å². The zero-order valence-corrected chi connectivity index (χ0v) is 12.9. The molecule has 0 spiro atoms. The third kappa shape index (κ3) is 2.55. The van der Waals surface area contributed by atoms with Crippen molar-refractivity contribution in [3.8, 4) is 0 Å². The van der Waals surface area contributed by atoms with Crippen LogP contribution in [0.25, 0.3) is 12.2 Å². The summed E-state index contributed by atoms with van der Waals surface area (Å²) >= 11 is 0. The summed E-state index contributed by atoms with van der Waals surface area (Å²) in [6.45, 7) is 0. The molecule has 2 atom stereocenters. The van der Waals surface area contributed by atoms with E-state index in [1.54, 1.807) is 7.11 Å². The molecule has 2 aliphatic rings. The number of pyridine rings is 1.